The van der Waals surface area contributed by atoms with Gasteiger partial charge in [-0.15, -0.1) is 0 Å². The first-order chi connectivity index (χ1) is 9.20. The molecule has 1 aliphatic rings. The highest BCUT2D eigenvalue weighted by molar-refractivity contribution is 5.76. The van der Waals surface area contributed by atoms with Gasteiger partial charge in [-0.05, 0) is 25.8 Å². The highest BCUT2D eigenvalue weighted by atomic mass is 16.5. The Morgan fingerprint density at radius 2 is 2.16 bits per heavy atom. The maximum absolute atomic E-state index is 11.6. The fourth-order valence-electron chi connectivity index (χ4n) is 2.06. The molecule has 2 N–H and O–H groups in total. The van der Waals surface area contributed by atoms with E-state index >= 15 is 0 Å². The second-order valence-corrected chi connectivity index (χ2v) is 5.01. The van der Waals surface area contributed by atoms with Crippen LogP contribution in [0.1, 0.15) is 37.8 Å². The van der Waals surface area contributed by atoms with Crippen LogP contribution >= 0.6 is 0 Å². The smallest absolute Gasteiger partial charge is 0.221 e. The minimum absolute atomic E-state index is 0.141. The Morgan fingerprint density at radius 1 is 1.42 bits per heavy atom. The molecule has 4 nitrogen and oxygen atoms in total. The van der Waals surface area contributed by atoms with Crippen LogP contribution in [0.15, 0.2) is 24.3 Å². The number of hydrogen-bond acceptors (Lipinski definition) is 3. The molecular weight excluding hydrogens is 240 g/mol. The van der Waals surface area contributed by atoms with Gasteiger partial charge in [0.15, 0.2) is 0 Å². The molecule has 2 rings (SSSR count). The van der Waals surface area contributed by atoms with Crippen molar-refractivity contribution in [2.45, 2.75) is 38.3 Å². The summed E-state index contributed by atoms with van der Waals surface area (Å²) in [7, 11) is 1.68. The number of nitrogens with one attached hydrogen (secondary N) is 2. The normalized spacial score (nSPS) is 15.9. The average Bonchev–Trinajstić information content (AvgIpc) is 3.22. The van der Waals surface area contributed by atoms with Crippen LogP contribution in [-0.4, -0.2) is 25.6 Å². The van der Waals surface area contributed by atoms with Crippen molar-refractivity contribution in [3.05, 3.63) is 29.8 Å². The van der Waals surface area contributed by atoms with Gasteiger partial charge in [0, 0.05) is 30.6 Å². The number of hydrogen-bond donors (Lipinski definition) is 2. The van der Waals surface area contributed by atoms with Gasteiger partial charge in [-0.1, -0.05) is 18.2 Å². The predicted molar refractivity (Wildman–Crippen MR) is 75.2 cm³/mol. The van der Waals surface area contributed by atoms with E-state index in [1.54, 1.807) is 7.11 Å². The summed E-state index contributed by atoms with van der Waals surface area (Å²) in [5, 5.41) is 6.34. The van der Waals surface area contributed by atoms with Crippen LogP contribution < -0.4 is 15.4 Å². The summed E-state index contributed by atoms with van der Waals surface area (Å²) in [6, 6.07) is 8.56. The van der Waals surface area contributed by atoms with Crippen molar-refractivity contribution in [1.29, 1.82) is 0 Å². The van der Waals surface area contributed by atoms with Gasteiger partial charge in [0.25, 0.3) is 0 Å². The summed E-state index contributed by atoms with van der Waals surface area (Å²) in [5.41, 5.74) is 1.12. The predicted octanol–water partition coefficient (Wildman–Crippen LogP) is 2.01. The van der Waals surface area contributed by atoms with Gasteiger partial charge in [-0.2, -0.15) is 0 Å². The number of methoxy groups -OCH3 is 1. The molecule has 1 aromatic rings. The summed E-state index contributed by atoms with van der Waals surface area (Å²) in [5.74, 6) is 1.02. The molecule has 0 spiro atoms. The van der Waals surface area contributed by atoms with Crippen LogP contribution in [0.25, 0.3) is 0 Å². The molecule has 1 unspecified atom stereocenters. The Hall–Kier alpha value is -1.55. The number of amides is 1. The molecule has 1 amide bonds. The van der Waals surface area contributed by atoms with Crippen molar-refractivity contribution >= 4 is 5.91 Å². The van der Waals surface area contributed by atoms with Gasteiger partial charge in [-0.25, -0.2) is 0 Å². The second-order valence-electron chi connectivity index (χ2n) is 5.01. The molecular formula is C15H22N2O2. The molecule has 0 aliphatic heterocycles. The Balaban J connectivity index is 1.76. The number of para-hydroxylation sites is 1. The minimum atomic E-state index is 0.141. The number of carbonyl (C=O) groups excluding carboxylic acids is 1. The van der Waals surface area contributed by atoms with E-state index in [0.717, 1.165) is 24.2 Å². The molecule has 104 valence electrons. The van der Waals surface area contributed by atoms with Crippen molar-refractivity contribution < 1.29 is 9.53 Å². The van der Waals surface area contributed by atoms with Crippen LogP contribution in [0.2, 0.25) is 0 Å². The average molecular weight is 262 g/mol. The number of benzene rings is 1. The van der Waals surface area contributed by atoms with Crippen molar-refractivity contribution in [2.75, 3.05) is 13.7 Å². The van der Waals surface area contributed by atoms with Crippen LogP contribution in [-0.2, 0) is 4.79 Å². The van der Waals surface area contributed by atoms with Crippen molar-refractivity contribution in [3.63, 3.8) is 0 Å². The highest BCUT2D eigenvalue weighted by Gasteiger charge is 2.22. The summed E-state index contributed by atoms with van der Waals surface area (Å²) >= 11 is 0. The van der Waals surface area contributed by atoms with Gasteiger partial charge < -0.3 is 15.4 Å². The zero-order valence-electron chi connectivity index (χ0n) is 11.6. The summed E-state index contributed by atoms with van der Waals surface area (Å²) in [6.07, 6.45) is 2.80. The third-order valence-electron chi connectivity index (χ3n) is 3.35. The van der Waals surface area contributed by atoms with Crippen LogP contribution in [0, 0.1) is 0 Å². The molecule has 1 aromatic carbocycles. The van der Waals surface area contributed by atoms with Crippen molar-refractivity contribution in [1.82, 2.24) is 10.6 Å². The molecule has 1 aliphatic carbocycles. The molecule has 0 radical (unpaired) electrons. The lowest BCUT2D eigenvalue weighted by Crippen LogP contribution is -2.30. The fraction of sp³-hybridized carbons (Fsp3) is 0.533. The summed E-state index contributed by atoms with van der Waals surface area (Å²) in [6.45, 7) is 2.76. The molecule has 0 aromatic heterocycles. The van der Waals surface area contributed by atoms with E-state index < -0.39 is 0 Å². The van der Waals surface area contributed by atoms with Crippen molar-refractivity contribution in [2.24, 2.45) is 0 Å². The first-order valence-corrected chi connectivity index (χ1v) is 6.86. The lowest BCUT2D eigenvalue weighted by molar-refractivity contribution is -0.121. The van der Waals surface area contributed by atoms with E-state index in [2.05, 4.69) is 17.6 Å². The molecule has 4 heteroatoms. The first kappa shape index (κ1) is 13.9. The first-order valence-electron chi connectivity index (χ1n) is 6.86. The molecule has 1 atom stereocenters. The molecule has 1 saturated carbocycles. The Bertz CT molecular complexity index is 430. The van der Waals surface area contributed by atoms with Crippen LogP contribution in [0.5, 0.6) is 5.75 Å². The quantitative estimate of drug-likeness (QED) is 0.790. The van der Waals surface area contributed by atoms with E-state index in [-0.39, 0.29) is 11.9 Å². The van der Waals surface area contributed by atoms with Gasteiger partial charge in [-0.3, -0.25) is 4.79 Å². The topological polar surface area (TPSA) is 50.4 Å². The fourth-order valence-corrected chi connectivity index (χ4v) is 2.06. The minimum Gasteiger partial charge on any atom is -0.496 e. The van der Waals surface area contributed by atoms with Gasteiger partial charge in [0.1, 0.15) is 5.75 Å². The monoisotopic (exact) mass is 262 g/mol. The second kappa shape index (κ2) is 6.57. The Kier molecular flexibility index (Phi) is 4.80. The molecule has 0 bridgehead atoms. The zero-order chi connectivity index (χ0) is 13.7. The Labute approximate surface area is 114 Å². The molecule has 0 heterocycles. The Morgan fingerprint density at radius 3 is 2.84 bits per heavy atom. The largest absolute Gasteiger partial charge is 0.496 e. The standard InChI is InChI=1S/C15H22N2O2/c1-11(13-5-3-4-6-14(13)19-2)16-10-9-15(18)17-12-7-8-12/h3-6,11-12,16H,7-10H2,1-2H3,(H,17,18). The summed E-state index contributed by atoms with van der Waals surface area (Å²) < 4.78 is 5.34. The van der Waals surface area contributed by atoms with E-state index in [1.165, 1.54) is 0 Å². The number of carbonyl (C=O) groups is 1. The zero-order valence-corrected chi connectivity index (χ0v) is 11.6. The van der Waals surface area contributed by atoms with Gasteiger partial charge >= 0.3 is 0 Å². The maximum atomic E-state index is 11.6. The third kappa shape index (κ3) is 4.24. The van der Waals surface area contributed by atoms with E-state index in [4.69, 9.17) is 4.74 Å². The van der Waals surface area contributed by atoms with Crippen LogP contribution in [0.3, 0.4) is 0 Å². The molecule has 1 fully saturated rings. The molecule has 0 saturated heterocycles. The number of ether oxygens (including phenoxy) is 1. The van der Waals surface area contributed by atoms with E-state index in [0.29, 0.717) is 19.0 Å². The SMILES string of the molecule is COc1ccccc1C(C)NCCC(=O)NC1CC1. The van der Waals surface area contributed by atoms with Gasteiger partial charge in [0.2, 0.25) is 5.91 Å². The summed E-state index contributed by atoms with van der Waals surface area (Å²) in [4.78, 5) is 11.6. The number of rotatable bonds is 7. The lowest BCUT2D eigenvalue weighted by Gasteiger charge is -2.17. The molecule has 19 heavy (non-hydrogen) atoms. The van der Waals surface area contributed by atoms with E-state index in [9.17, 15) is 4.79 Å². The van der Waals surface area contributed by atoms with Crippen LogP contribution in [0.4, 0.5) is 0 Å². The van der Waals surface area contributed by atoms with E-state index in [1.807, 2.05) is 24.3 Å². The highest BCUT2D eigenvalue weighted by Crippen LogP contribution is 2.24. The lowest BCUT2D eigenvalue weighted by atomic mass is 10.1. The van der Waals surface area contributed by atoms with Gasteiger partial charge in [0.05, 0.1) is 7.11 Å². The maximum Gasteiger partial charge on any atom is 0.221 e. The van der Waals surface area contributed by atoms with Crippen molar-refractivity contribution in [3.8, 4) is 5.75 Å². The third-order valence-corrected chi connectivity index (χ3v) is 3.35.